The Labute approximate surface area is 123 Å². The Kier molecular flexibility index (Phi) is 3.65. The van der Waals surface area contributed by atoms with E-state index in [0.717, 1.165) is 16.9 Å². The zero-order chi connectivity index (χ0) is 15.0. The van der Waals surface area contributed by atoms with Crippen molar-refractivity contribution in [1.29, 1.82) is 0 Å². The Morgan fingerprint density at radius 3 is 2.90 bits per heavy atom. The molecule has 1 aliphatic rings. The van der Waals surface area contributed by atoms with Gasteiger partial charge in [-0.3, -0.25) is 10.6 Å². The quantitative estimate of drug-likeness (QED) is 0.622. The molecule has 3 rings (SSSR count). The van der Waals surface area contributed by atoms with Crippen molar-refractivity contribution in [3.8, 4) is 0 Å². The molecule has 0 bridgehead atoms. The minimum atomic E-state index is -0.779. The van der Waals surface area contributed by atoms with E-state index in [2.05, 4.69) is 17.2 Å². The van der Waals surface area contributed by atoms with Gasteiger partial charge >= 0.3 is 5.97 Å². The summed E-state index contributed by atoms with van der Waals surface area (Å²) in [5, 5.41) is 10.5. The van der Waals surface area contributed by atoms with E-state index in [9.17, 15) is 4.79 Å². The lowest BCUT2D eigenvalue weighted by Gasteiger charge is -2.06. The molecular weight excluding hydrogens is 268 g/mol. The molecular formula is C15H20N4O2. The van der Waals surface area contributed by atoms with E-state index in [1.54, 1.807) is 12.1 Å². The number of carboxylic acid groups (broad SMARTS) is 1. The fraction of sp³-hybridized carbons (Fsp3) is 0.467. The molecule has 0 unspecified atom stereocenters. The average molecular weight is 288 g/mol. The number of carboxylic acids is 1. The van der Waals surface area contributed by atoms with Gasteiger partial charge in [-0.2, -0.15) is 0 Å². The molecule has 0 aliphatic heterocycles. The van der Waals surface area contributed by atoms with Crippen molar-refractivity contribution in [2.24, 2.45) is 5.84 Å². The summed E-state index contributed by atoms with van der Waals surface area (Å²) in [6, 6.07) is 2.12. The van der Waals surface area contributed by atoms with Gasteiger partial charge in [0.05, 0.1) is 12.2 Å². The van der Waals surface area contributed by atoms with Crippen molar-refractivity contribution in [2.75, 3.05) is 7.05 Å². The first-order valence-corrected chi connectivity index (χ1v) is 7.21. The monoisotopic (exact) mass is 288 g/mol. The highest BCUT2D eigenvalue weighted by molar-refractivity contribution is 5.67. The molecule has 1 saturated carbocycles. The SMILES string of the molecule is CN(N)Cc1cn2cc(C3CC3)cc(CCC(=O)O)c2n1. The van der Waals surface area contributed by atoms with Crippen LogP contribution in [0.3, 0.4) is 0 Å². The van der Waals surface area contributed by atoms with E-state index in [1.807, 2.05) is 10.6 Å². The maximum atomic E-state index is 10.8. The van der Waals surface area contributed by atoms with Gasteiger partial charge in [0.1, 0.15) is 5.65 Å². The van der Waals surface area contributed by atoms with Gasteiger partial charge in [0.25, 0.3) is 0 Å². The second kappa shape index (κ2) is 5.46. The lowest BCUT2D eigenvalue weighted by atomic mass is 10.1. The van der Waals surface area contributed by atoms with Gasteiger partial charge < -0.3 is 9.51 Å². The van der Waals surface area contributed by atoms with Gasteiger partial charge in [0, 0.05) is 25.9 Å². The predicted molar refractivity (Wildman–Crippen MR) is 78.8 cm³/mol. The van der Waals surface area contributed by atoms with Crippen LogP contribution in [0.5, 0.6) is 0 Å². The number of aromatic nitrogens is 2. The summed E-state index contributed by atoms with van der Waals surface area (Å²) in [6.07, 6.45) is 7.17. The first-order valence-electron chi connectivity index (χ1n) is 7.21. The summed E-state index contributed by atoms with van der Waals surface area (Å²) < 4.78 is 2.02. The lowest BCUT2D eigenvalue weighted by Crippen LogP contribution is -2.25. The zero-order valence-corrected chi connectivity index (χ0v) is 12.1. The maximum Gasteiger partial charge on any atom is 0.303 e. The average Bonchev–Trinajstić information content (AvgIpc) is 3.16. The minimum absolute atomic E-state index is 0.128. The molecule has 0 aromatic carbocycles. The number of hydrogen-bond donors (Lipinski definition) is 2. The number of pyridine rings is 1. The number of aryl methyl sites for hydroxylation is 1. The van der Waals surface area contributed by atoms with Crippen LogP contribution in [0, 0.1) is 0 Å². The van der Waals surface area contributed by atoms with Crippen LogP contribution in [0.4, 0.5) is 0 Å². The molecule has 0 spiro atoms. The van der Waals surface area contributed by atoms with Gasteiger partial charge in [0.2, 0.25) is 0 Å². The molecule has 0 amide bonds. The van der Waals surface area contributed by atoms with Crippen molar-refractivity contribution in [3.05, 3.63) is 35.3 Å². The molecule has 21 heavy (non-hydrogen) atoms. The Morgan fingerprint density at radius 1 is 1.52 bits per heavy atom. The van der Waals surface area contributed by atoms with Crippen molar-refractivity contribution in [1.82, 2.24) is 14.4 Å². The van der Waals surface area contributed by atoms with E-state index in [-0.39, 0.29) is 6.42 Å². The first-order chi connectivity index (χ1) is 10.0. The van der Waals surface area contributed by atoms with Crippen LogP contribution in [0.2, 0.25) is 0 Å². The number of fused-ring (bicyclic) bond motifs is 1. The summed E-state index contributed by atoms with van der Waals surface area (Å²) in [4.78, 5) is 15.4. The molecule has 2 aromatic heterocycles. The van der Waals surface area contributed by atoms with Crippen molar-refractivity contribution < 1.29 is 9.90 Å². The standard InChI is InChI=1S/C15H20N4O2/c1-18(16)8-13-9-19-7-12(10-2-3-10)6-11(15(19)17-13)4-5-14(20)21/h6-7,9-10H,2-5,8,16H2,1H3,(H,20,21). The maximum absolute atomic E-state index is 10.8. The Morgan fingerprint density at radius 2 is 2.29 bits per heavy atom. The summed E-state index contributed by atoms with van der Waals surface area (Å²) in [5.74, 6) is 5.52. The normalized spacial score (nSPS) is 15.0. The van der Waals surface area contributed by atoms with E-state index in [0.29, 0.717) is 18.9 Å². The van der Waals surface area contributed by atoms with E-state index >= 15 is 0 Å². The highest BCUT2D eigenvalue weighted by Gasteiger charge is 2.25. The molecule has 112 valence electrons. The van der Waals surface area contributed by atoms with Crippen LogP contribution in [-0.2, 0) is 17.8 Å². The van der Waals surface area contributed by atoms with Crippen LogP contribution >= 0.6 is 0 Å². The largest absolute Gasteiger partial charge is 0.481 e. The number of aliphatic carboxylic acids is 1. The van der Waals surface area contributed by atoms with Gasteiger partial charge in [0.15, 0.2) is 0 Å². The van der Waals surface area contributed by atoms with Gasteiger partial charge in [-0.25, -0.2) is 9.99 Å². The second-order valence-electron chi connectivity index (χ2n) is 5.84. The number of imidazole rings is 1. The molecule has 0 atom stereocenters. The van der Waals surface area contributed by atoms with Crippen molar-refractivity contribution >= 4 is 11.6 Å². The van der Waals surface area contributed by atoms with E-state index in [4.69, 9.17) is 10.9 Å². The highest BCUT2D eigenvalue weighted by Crippen LogP contribution is 2.40. The highest BCUT2D eigenvalue weighted by atomic mass is 16.4. The van der Waals surface area contributed by atoms with Crippen LogP contribution in [0.1, 0.15) is 42.0 Å². The minimum Gasteiger partial charge on any atom is -0.481 e. The number of nitrogens with two attached hydrogens (primary N) is 1. The number of hydrogen-bond acceptors (Lipinski definition) is 4. The third kappa shape index (κ3) is 3.22. The smallest absolute Gasteiger partial charge is 0.303 e. The van der Waals surface area contributed by atoms with Crippen molar-refractivity contribution in [3.63, 3.8) is 0 Å². The Bertz CT molecular complexity index is 674. The van der Waals surface area contributed by atoms with Gasteiger partial charge in [-0.1, -0.05) is 6.07 Å². The molecule has 1 fully saturated rings. The molecule has 6 nitrogen and oxygen atoms in total. The second-order valence-corrected chi connectivity index (χ2v) is 5.84. The Balaban J connectivity index is 1.99. The number of hydrazine groups is 1. The van der Waals surface area contributed by atoms with E-state index in [1.165, 1.54) is 18.4 Å². The van der Waals surface area contributed by atoms with Crippen LogP contribution < -0.4 is 5.84 Å². The van der Waals surface area contributed by atoms with Gasteiger partial charge in [-0.05, 0) is 36.3 Å². The first kappa shape index (κ1) is 14.0. The van der Waals surface area contributed by atoms with Crippen LogP contribution in [0.15, 0.2) is 18.5 Å². The predicted octanol–water partition coefficient (Wildman–Crippen LogP) is 1.53. The zero-order valence-electron chi connectivity index (χ0n) is 12.1. The van der Waals surface area contributed by atoms with Gasteiger partial charge in [-0.15, -0.1) is 0 Å². The molecule has 0 radical (unpaired) electrons. The summed E-state index contributed by atoms with van der Waals surface area (Å²) in [5.41, 5.74) is 4.03. The summed E-state index contributed by atoms with van der Waals surface area (Å²) in [7, 11) is 1.80. The molecule has 2 aromatic rings. The molecule has 0 saturated heterocycles. The molecule has 2 heterocycles. The van der Waals surface area contributed by atoms with Crippen molar-refractivity contribution in [2.45, 2.75) is 38.1 Å². The fourth-order valence-electron chi connectivity index (χ4n) is 2.64. The third-order valence-electron chi connectivity index (χ3n) is 3.77. The molecule has 1 aliphatic carbocycles. The summed E-state index contributed by atoms with van der Waals surface area (Å²) >= 11 is 0. The third-order valence-corrected chi connectivity index (χ3v) is 3.77. The fourth-order valence-corrected chi connectivity index (χ4v) is 2.64. The van der Waals surface area contributed by atoms with Crippen LogP contribution in [0.25, 0.3) is 5.65 Å². The number of rotatable bonds is 6. The molecule has 3 N–H and O–H groups in total. The van der Waals surface area contributed by atoms with Crippen LogP contribution in [-0.4, -0.2) is 32.5 Å². The number of nitrogens with zero attached hydrogens (tertiary/aromatic N) is 3. The Hall–Kier alpha value is -1.92. The topological polar surface area (TPSA) is 83.9 Å². The molecule has 6 heteroatoms. The van der Waals surface area contributed by atoms with E-state index < -0.39 is 5.97 Å². The summed E-state index contributed by atoms with van der Waals surface area (Å²) in [6.45, 7) is 0.568. The number of carbonyl (C=O) groups is 1. The lowest BCUT2D eigenvalue weighted by molar-refractivity contribution is -0.136.